The molecule has 0 aliphatic carbocycles. The lowest BCUT2D eigenvalue weighted by Crippen LogP contribution is -2.31. The van der Waals surface area contributed by atoms with E-state index in [0.29, 0.717) is 5.56 Å². The number of rotatable bonds is 2. The third-order valence-electron chi connectivity index (χ3n) is 3.60. The normalized spacial score (nSPS) is 16.0. The van der Waals surface area contributed by atoms with E-state index in [1.54, 1.807) is 6.07 Å². The number of aryl methyl sites for hydroxylation is 1. The summed E-state index contributed by atoms with van der Waals surface area (Å²) < 4.78 is 0. The second kappa shape index (κ2) is 4.78. The summed E-state index contributed by atoms with van der Waals surface area (Å²) in [4.78, 5) is 13.5. The average Bonchev–Trinajstić information content (AvgIpc) is 2.33. The number of carboxylic acids is 1. The van der Waals surface area contributed by atoms with Crippen molar-refractivity contribution in [3.63, 3.8) is 0 Å². The first-order valence-corrected chi connectivity index (χ1v) is 6.19. The van der Waals surface area contributed by atoms with Crippen molar-refractivity contribution in [3.8, 4) is 0 Å². The van der Waals surface area contributed by atoms with Crippen LogP contribution >= 0.6 is 0 Å². The number of carboxylic acid groups (broad SMARTS) is 1. The van der Waals surface area contributed by atoms with E-state index in [1.165, 1.54) is 6.42 Å². The fourth-order valence-electron chi connectivity index (χ4n) is 2.50. The van der Waals surface area contributed by atoms with E-state index in [-0.39, 0.29) is 0 Å². The molecule has 0 amide bonds. The topological polar surface area (TPSA) is 40.5 Å². The first-order chi connectivity index (χ1) is 8.11. The summed E-state index contributed by atoms with van der Waals surface area (Å²) in [7, 11) is 0. The fraction of sp³-hybridized carbons (Fsp3) is 0.500. The molecular weight excluding hydrogens is 214 g/mol. The molecule has 0 unspecified atom stereocenters. The van der Waals surface area contributed by atoms with E-state index in [9.17, 15) is 9.90 Å². The van der Waals surface area contributed by atoms with Crippen molar-refractivity contribution >= 4 is 11.7 Å². The summed E-state index contributed by atoms with van der Waals surface area (Å²) in [6, 6.07) is 3.63. The lowest BCUT2D eigenvalue weighted by Gasteiger charge is -2.31. The molecule has 1 aliphatic heterocycles. The molecule has 1 aliphatic rings. The van der Waals surface area contributed by atoms with Crippen molar-refractivity contribution in [2.24, 2.45) is 0 Å². The van der Waals surface area contributed by atoms with Gasteiger partial charge in [0.15, 0.2) is 0 Å². The number of piperidine rings is 1. The van der Waals surface area contributed by atoms with Crippen molar-refractivity contribution in [1.82, 2.24) is 0 Å². The lowest BCUT2D eigenvalue weighted by molar-refractivity contribution is 0.0697. The SMILES string of the molecule is Cc1ccc(C(=O)O)c(N2CCCCC2)c1C. The van der Waals surface area contributed by atoms with Crippen LogP contribution in [0.25, 0.3) is 0 Å². The molecule has 17 heavy (non-hydrogen) atoms. The molecule has 0 atom stereocenters. The first-order valence-electron chi connectivity index (χ1n) is 6.19. The third-order valence-corrected chi connectivity index (χ3v) is 3.60. The molecule has 1 fully saturated rings. The van der Waals surface area contributed by atoms with Gasteiger partial charge >= 0.3 is 5.97 Å². The van der Waals surface area contributed by atoms with Gasteiger partial charge in [0.1, 0.15) is 0 Å². The number of aromatic carboxylic acids is 1. The smallest absolute Gasteiger partial charge is 0.337 e. The number of anilines is 1. The van der Waals surface area contributed by atoms with Crippen LogP contribution in [0.2, 0.25) is 0 Å². The Kier molecular flexibility index (Phi) is 3.36. The lowest BCUT2D eigenvalue weighted by atomic mass is 9.99. The van der Waals surface area contributed by atoms with Crippen LogP contribution in [0, 0.1) is 13.8 Å². The molecule has 1 aromatic rings. The van der Waals surface area contributed by atoms with Crippen LogP contribution < -0.4 is 4.90 Å². The zero-order valence-corrected chi connectivity index (χ0v) is 10.5. The molecule has 3 heteroatoms. The molecule has 0 bridgehead atoms. The molecular formula is C14H19NO2. The molecule has 0 saturated carbocycles. The molecule has 3 nitrogen and oxygen atoms in total. The second-order valence-electron chi connectivity index (χ2n) is 4.76. The maximum absolute atomic E-state index is 11.3. The minimum atomic E-state index is -0.825. The Morgan fingerprint density at radius 3 is 2.41 bits per heavy atom. The van der Waals surface area contributed by atoms with E-state index < -0.39 is 5.97 Å². The molecule has 1 saturated heterocycles. The van der Waals surface area contributed by atoms with Crippen LogP contribution in [0.5, 0.6) is 0 Å². The molecule has 92 valence electrons. The first kappa shape index (κ1) is 12.0. The van der Waals surface area contributed by atoms with Gasteiger partial charge in [0.05, 0.1) is 11.3 Å². The van der Waals surface area contributed by atoms with Gasteiger partial charge in [-0.1, -0.05) is 6.07 Å². The van der Waals surface area contributed by atoms with Crippen LogP contribution in [0.1, 0.15) is 40.7 Å². The van der Waals surface area contributed by atoms with E-state index in [2.05, 4.69) is 4.90 Å². The van der Waals surface area contributed by atoms with Gasteiger partial charge in [-0.15, -0.1) is 0 Å². The Labute approximate surface area is 102 Å². The minimum absolute atomic E-state index is 0.440. The van der Waals surface area contributed by atoms with Crippen LogP contribution in [0.3, 0.4) is 0 Å². The van der Waals surface area contributed by atoms with Gasteiger partial charge in [0.25, 0.3) is 0 Å². The summed E-state index contributed by atoms with van der Waals surface area (Å²) in [6.45, 7) is 6.01. The largest absolute Gasteiger partial charge is 0.478 e. The van der Waals surface area contributed by atoms with Crippen LogP contribution in [0.15, 0.2) is 12.1 Å². The van der Waals surface area contributed by atoms with Gasteiger partial charge < -0.3 is 10.0 Å². The standard InChI is InChI=1S/C14H19NO2/c1-10-6-7-12(14(16)17)13(11(10)2)15-8-4-3-5-9-15/h6-7H,3-5,8-9H2,1-2H3,(H,16,17). The second-order valence-corrected chi connectivity index (χ2v) is 4.76. The van der Waals surface area contributed by atoms with Gasteiger partial charge in [-0.05, 0) is 50.3 Å². The van der Waals surface area contributed by atoms with E-state index in [1.807, 2.05) is 19.9 Å². The monoisotopic (exact) mass is 233 g/mol. The van der Waals surface area contributed by atoms with Crippen molar-refractivity contribution < 1.29 is 9.90 Å². The molecule has 1 aromatic carbocycles. The van der Waals surface area contributed by atoms with Crippen molar-refractivity contribution in [2.45, 2.75) is 33.1 Å². The average molecular weight is 233 g/mol. The number of carbonyl (C=O) groups is 1. The van der Waals surface area contributed by atoms with Gasteiger partial charge in [0.2, 0.25) is 0 Å². The highest BCUT2D eigenvalue weighted by Crippen LogP contribution is 2.30. The zero-order chi connectivity index (χ0) is 12.4. The molecule has 0 aromatic heterocycles. The number of benzene rings is 1. The Morgan fingerprint density at radius 2 is 1.82 bits per heavy atom. The van der Waals surface area contributed by atoms with E-state index >= 15 is 0 Å². The fourth-order valence-corrected chi connectivity index (χ4v) is 2.50. The molecule has 1 heterocycles. The van der Waals surface area contributed by atoms with E-state index in [4.69, 9.17) is 0 Å². The highest BCUT2D eigenvalue weighted by atomic mass is 16.4. The van der Waals surface area contributed by atoms with Crippen molar-refractivity contribution in [2.75, 3.05) is 18.0 Å². The van der Waals surface area contributed by atoms with Gasteiger partial charge in [0, 0.05) is 13.1 Å². The van der Waals surface area contributed by atoms with Crippen LogP contribution in [0.4, 0.5) is 5.69 Å². The molecule has 0 spiro atoms. The predicted molar refractivity (Wildman–Crippen MR) is 68.9 cm³/mol. The summed E-state index contributed by atoms with van der Waals surface area (Å²) in [6.07, 6.45) is 3.57. The number of hydrogen-bond donors (Lipinski definition) is 1. The molecule has 1 N–H and O–H groups in total. The highest BCUT2D eigenvalue weighted by molar-refractivity contribution is 5.95. The Morgan fingerprint density at radius 1 is 1.18 bits per heavy atom. The summed E-state index contributed by atoms with van der Waals surface area (Å²) in [5.41, 5.74) is 3.63. The highest BCUT2D eigenvalue weighted by Gasteiger charge is 2.20. The minimum Gasteiger partial charge on any atom is -0.478 e. The maximum Gasteiger partial charge on any atom is 0.337 e. The van der Waals surface area contributed by atoms with Gasteiger partial charge in [-0.3, -0.25) is 0 Å². The molecule has 0 radical (unpaired) electrons. The Bertz CT molecular complexity index is 434. The Balaban J connectivity index is 2.48. The quantitative estimate of drug-likeness (QED) is 0.853. The summed E-state index contributed by atoms with van der Waals surface area (Å²) in [5.74, 6) is -0.825. The number of nitrogens with zero attached hydrogens (tertiary/aromatic N) is 1. The number of hydrogen-bond acceptors (Lipinski definition) is 2. The van der Waals surface area contributed by atoms with Gasteiger partial charge in [-0.25, -0.2) is 4.79 Å². The van der Waals surface area contributed by atoms with Crippen molar-refractivity contribution in [1.29, 1.82) is 0 Å². The van der Waals surface area contributed by atoms with Crippen molar-refractivity contribution in [3.05, 3.63) is 28.8 Å². The predicted octanol–water partition coefficient (Wildman–Crippen LogP) is 2.99. The summed E-state index contributed by atoms with van der Waals surface area (Å²) in [5, 5.41) is 9.28. The molecule has 2 rings (SSSR count). The van der Waals surface area contributed by atoms with Crippen LogP contribution in [-0.4, -0.2) is 24.2 Å². The maximum atomic E-state index is 11.3. The van der Waals surface area contributed by atoms with Gasteiger partial charge in [-0.2, -0.15) is 0 Å². The zero-order valence-electron chi connectivity index (χ0n) is 10.5. The summed E-state index contributed by atoms with van der Waals surface area (Å²) >= 11 is 0. The van der Waals surface area contributed by atoms with Crippen LogP contribution in [-0.2, 0) is 0 Å². The Hall–Kier alpha value is -1.51. The third kappa shape index (κ3) is 2.28. The van der Waals surface area contributed by atoms with E-state index in [0.717, 1.165) is 42.7 Å².